The Labute approximate surface area is 59.3 Å². The minimum absolute atomic E-state index is 0.00796. The van der Waals surface area contributed by atoms with Crippen molar-refractivity contribution in [1.82, 2.24) is 0 Å². The second-order valence-corrected chi connectivity index (χ2v) is 2.26. The second-order valence-electron chi connectivity index (χ2n) is 2.26. The van der Waals surface area contributed by atoms with E-state index in [-0.39, 0.29) is 12.7 Å². The number of nitrogens with two attached hydrogens (primary N) is 1. The highest BCUT2D eigenvalue weighted by molar-refractivity contribution is 5.74. The van der Waals surface area contributed by atoms with Crippen molar-refractivity contribution in [3.63, 3.8) is 0 Å². The van der Waals surface area contributed by atoms with Crippen LogP contribution in [0, 0.1) is 0 Å². The number of hydrogen-bond acceptors (Lipinski definition) is 3. The molecule has 0 aromatic rings. The van der Waals surface area contributed by atoms with Gasteiger partial charge in [0.15, 0.2) is 0 Å². The van der Waals surface area contributed by atoms with Crippen molar-refractivity contribution in [2.24, 2.45) is 5.73 Å². The van der Waals surface area contributed by atoms with Gasteiger partial charge >= 0.3 is 0 Å². The Balaban J connectivity index is 2.07. The minimum Gasteiger partial charge on any atom is -0.379 e. The molecule has 0 radical (unpaired) electrons. The summed E-state index contributed by atoms with van der Waals surface area (Å²) in [6.07, 6.45) is 0.945. The quantitative estimate of drug-likeness (QED) is 0.570. The first-order chi connectivity index (χ1) is 4.79. The molecule has 0 saturated carbocycles. The zero-order chi connectivity index (χ0) is 7.40. The summed E-state index contributed by atoms with van der Waals surface area (Å²) in [4.78, 5) is 10.2. The van der Waals surface area contributed by atoms with Crippen LogP contribution in [0.1, 0.15) is 6.42 Å². The molecule has 4 heteroatoms. The maximum absolute atomic E-state index is 10.2. The lowest BCUT2D eigenvalue weighted by atomic mass is 10.3. The number of ether oxygens (including phenoxy) is 2. The summed E-state index contributed by atoms with van der Waals surface area (Å²) in [5.74, 6) is -0.424. The van der Waals surface area contributed by atoms with Gasteiger partial charge in [0.25, 0.3) is 0 Å². The van der Waals surface area contributed by atoms with Gasteiger partial charge in [-0.2, -0.15) is 0 Å². The third kappa shape index (κ3) is 2.33. The molecule has 0 spiro atoms. The fourth-order valence-corrected chi connectivity index (χ4v) is 0.844. The van der Waals surface area contributed by atoms with Crippen LogP contribution in [0.2, 0.25) is 0 Å². The van der Waals surface area contributed by atoms with E-state index in [1.807, 2.05) is 0 Å². The Bertz CT molecular complexity index is 120. The fourth-order valence-electron chi connectivity index (χ4n) is 0.844. The summed E-state index contributed by atoms with van der Waals surface area (Å²) >= 11 is 0. The van der Waals surface area contributed by atoms with E-state index in [0.29, 0.717) is 6.61 Å². The molecule has 0 aromatic carbocycles. The molecule has 1 heterocycles. The van der Waals surface area contributed by atoms with Crippen LogP contribution in [0.5, 0.6) is 0 Å². The van der Waals surface area contributed by atoms with E-state index in [2.05, 4.69) is 0 Å². The van der Waals surface area contributed by atoms with Gasteiger partial charge in [-0.3, -0.25) is 4.79 Å². The fraction of sp³-hybridized carbons (Fsp3) is 0.833. The van der Waals surface area contributed by atoms with Crippen molar-refractivity contribution < 1.29 is 14.3 Å². The molecule has 2 N–H and O–H groups in total. The van der Waals surface area contributed by atoms with E-state index in [0.717, 1.165) is 13.0 Å². The van der Waals surface area contributed by atoms with Crippen LogP contribution in [0.4, 0.5) is 0 Å². The van der Waals surface area contributed by atoms with Gasteiger partial charge in [-0.15, -0.1) is 0 Å². The smallest absolute Gasteiger partial charge is 0.243 e. The molecule has 0 aromatic heterocycles. The molecular formula is C6H11NO3. The van der Waals surface area contributed by atoms with E-state index < -0.39 is 5.91 Å². The highest BCUT2D eigenvalue weighted by Crippen LogP contribution is 2.06. The van der Waals surface area contributed by atoms with Crippen molar-refractivity contribution in [2.45, 2.75) is 12.5 Å². The van der Waals surface area contributed by atoms with Crippen molar-refractivity contribution in [3.8, 4) is 0 Å². The van der Waals surface area contributed by atoms with Gasteiger partial charge in [0.05, 0.1) is 12.7 Å². The van der Waals surface area contributed by atoms with Crippen molar-refractivity contribution in [2.75, 3.05) is 19.8 Å². The Hall–Kier alpha value is -0.610. The molecule has 4 nitrogen and oxygen atoms in total. The first-order valence-electron chi connectivity index (χ1n) is 3.26. The van der Waals surface area contributed by atoms with E-state index >= 15 is 0 Å². The lowest BCUT2D eigenvalue weighted by molar-refractivity contribution is -0.124. The summed E-state index contributed by atoms with van der Waals surface area (Å²) in [6, 6.07) is 0. The van der Waals surface area contributed by atoms with Crippen LogP contribution in [0.25, 0.3) is 0 Å². The number of carbonyl (C=O) groups is 1. The predicted octanol–water partition coefficient (Wildman–Crippen LogP) is -0.723. The van der Waals surface area contributed by atoms with Crippen LogP contribution >= 0.6 is 0 Å². The molecular weight excluding hydrogens is 134 g/mol. The predicted molar refractivity (Wildman–Crippen MR) is 34.4 cm³/mol. The monoisotopic (exact) mass is 145 g/mol. The standard InChI is InChI=1S/C6H11NO3/c7-6(8)4-10-5-1-2-9-3-5/h5H,1-4H2,(H2,7,8)/t5-/m1/s1. The van der Waals surface area contributed by atoms with Crippen LogP contribution in [-0.4, -0.2) is 31.8 Å². The largest absolute Gasteiger partial charge is 0.379 e. The lowest BCUT2D eigenvalue weighted by Gasteiger charge is -2.05. The third-order valence-electron chi connectivity index (χ3n) is 1.35. The molecule has 0 bridgehead atoms. The Kier molecular flexibility index (Phi) is 2.65. The average Bonchev–Trinajstić information content (AvgIpc) is 2.34. The van der Waals surface area contributed by atoms with E-state index in [9.17, 15) is 4.79 Å². The Morgan fingerprint density at radius 2 is 2.60 bits per heavy atom. The summed E-state index contributed by atoms with van der Waals surface area (Å²) in [5, 5.41) is 0. The normalized spacial score (nSPS) is 25.0. The molecule has 10 heavy (non-hydrogen) atoms. The Morgan fingerprint density at radius 3 is 3.10 bits per heavy atom. The van der Waals surface area contributed by atoms with Crippen molar-refractivity contribution >= 4 is 5.91 Å². The number of primary amides is 1. The van der Waals surface area contributed by atoms with E-state index in [1.54, 1.807) is 0 Å². The molecule has 1 aliphatic heterocycles. The molecule has 1 atom stereocenters. The Morgan fingerprint density at radius 1 is 1.80 bits per heavy atom. The summed E-state index contributed by atoms with van der Waals surface area (Å²) < 4.78 is 10.1. The second kappa shape index (κ2) is 3.53. The molecule has 1 rings (SSSR count). The van der Waals surface area contributed by atoms with Crippen molar-refractivity contribution in [3.05, 3.63) is 0 Å². The summed E-state index contributed by atoms with van der Waals surface area (Å²) in [6.45, 7) is 1.32. The van der Waals surface area contributed by atoms with Crippen molar-refractivity contribution in [1.29, 1.82) is 0 Å². The van der Waals surface area contributed by atoms with Gasteiger partial charge in [0.2, 0.25) is 5.91 Å². The molecule has 58 valence electrons. The van der Waals surface area contributed by atoms with Gasteiger partial charge in [0, 0.05) is 6.61 Å². The number of hydrogen-bond donors (Lipinski definition) is 1. The van der Waals surface area contributed by atoms with E-state index in [1.165, 1.54) is 0 Å². The molecule has 1 amide bonds. The first-order valence-corrected chi connectivity index (χ1v) is 3.26. The van der Waals surface area contributed by atoms with Gasteiger partial charge < -0.3 is 15.2 Å². The van der Waals surface area contributed by atoms with Gasteiger partial charge in [0.1, 0.15) is 6.61 Å². The summed E-state index contributed by atoms with van der Waals surface area (Å²) in [7, 11) is 0. The number of amides is 1. The first kappa shape index (κ1) is 7.50. The van der Waals surface area contributed by atoms with Crippen LogP contribution in [-0.2, 0) is 14.3 Å². The van der Waals surface area contributed by atoms with Gasteiger partial charge in [-0.1, -0.05) is 0 Å². The SMILES string of the molecule is NC(=O)CO[C@@H]1CCOC1. The van der Waals surface area contributed by atoms with E-state index in [4.69, 9.17) is 15.2 Å². The number of rotatable bonds is 3. The molecule has 1 aliphatic rings. The highest BCUT2D eigenvalue weighted by Gasteiger charge is 2.16. The average molecular weight is 145 g/mol. The zero-order valence-corrected chi connectivity index (χ0v) is 5.71. The van der Waals surface area contributed by atoms with Gasteiger partial charge in [-0.05, 0) is 6.42 Å². The summed E-state index contributed by atoms with van der Waals surface area (Å²) in [5.41, 5.74) is 4.87. The lowest BCUT2D eigenvalue weighted by Crippen LogP contribution is -2.23. The molecule has 1 fully saturated rings. The van der Waals surface area contributed by atoms with Crippen LogP contribution in [0.3, 0.4) is 0 Å². The molecule has 1 saturated heterocycles. The minimum atomic E-state index is -0.424. The van der Waals surface area contributed by atoms with Gasteiger partial charge in [-0.25, -0.2) is 0 Å². The molecule has 0 unspecified atom stereocenters. The maximum Gasteiger partial charge on any atom is 0.243 e. The topological polar surface area (TPSA) is 61.6 Å². The zero-order valence-electron chi connectivity index (χ0n) is 5.71. The maximum atomic E-state index is 10.2. The molecule has 0 aliphatic carbocycles. The highest BCUT2D eigenvalue weighted by atomic mass is 16.5. The van der Waals surface area contributed by atoms with Crippen LogP contribution < -0.4 is 5.73 Å². The third-order valence-corrected chi connectivity index (χ3v) is 1.35. The number of carbonyl (C=O) groups excluding carboxylic acids is 1. The van der Waals surface area contributed by atoms with Crippen LogP contribution in [0.15, 0.2) is 0 Å².